The molecule has 0 spiro atoms. The van der Waals surface area contributed by atoms with Gasteiger partial charge in [-0.2, -0.15) is 0 Å². The van der Waals surface area contributed by atoms with Gasteiger partial charge in [0.2, 0.25) is 0 Å². The van der Waals surface area contributed by atoms with E-state index in [0.29, 0.717) is 6.04 Å². The Hall–Kier alpha value is -0.0800. The van der Waals surface area contributed by atoms with Gasteiger partial charge in [0.1, 0.15) is 0 Å². The first kappa shape index (κ1) is 14.0. The first-order chi connectivity index (χ1) is 7.50. The van der Waals surface area contributed by atoms with E-state index in [-0.39, 0.29) is 0 Å². The van der Waals surface area contributed by atoms with Gasteiger partial charge in [0.05, 0.1) is 0 Å². The van der Waals surface area contributed by atoms with Crippen LogP contribution in [0.3, 0.4) is 0 Å². The van der Waals surface area contributed by atoms with E-state index in [1.54, 1.807) is 0 Å². The lowest BCUT2D eigenvalue weighted by molar-refractivity contribution is 0.113. The predicted octanol–water partition coefficient (Wildman–Crippen LogP) is 2.74. The molecule has 1 fully saturated rings. The van der Waals surface area contributed by atoms with Crippen molar-refractivity contribution in [3.05, 3.63) is 0 Å². The van der Waals surface area contributed by atoms with Gasteiger partial charge < -0.3 is 10.2 Å². The Morgan fingerprint density at radius 1 is 1.12 bits per heavy atom. The van der Waals surface area contributed by atoms with E-state index in [2.05, 4.69) is 44.8 Å². The Kier molecular flexibility index (Phi) is 5.77. The lowest BCUT2D eigenvalue weighted by Crippen LogP contribution is -2.45. The number of nitrogens with zero attached hydrogens (tertiary/aromatic N) is 1. The van der Waals surface area contributed by atoms with E-state index in [1.807, 2.05) is 0 Å². The summed E-state index contributed by atoms with van der Waals surface area (Å²) in [6, 6.07) is 1.33. The number of piperidine rings is 1. The molecule has 1 aliphatic heterocycles. The molecule has 0 aromatic carbocycles. The molecule has 2 unspecified atom stereocenters. The minimum atomic E-state index is 0.607. The van der Waals surface area contributed by atoms with Gasteiger partial charge in [-0.15, -0.1) is 0 Å². The van der Waals surface area contributed by atoms with E-state index in [1.165, 1.54) is 25.9 Å². The van der Waals surface area contributed by atoms with Crippen LogP contribution in [0.25, 0.3) is 0 Å². The van der Waals surface area contributed by atoms with Crippen molar-refractivity contribution in [2.75, 3.05) is 19.6 Å². The van der Waals surface area contributed by atoms with Gasteiger partial charge in [-0.1, -0.05) is 27.7 Å². The molecular weight excluding hydrogens is 196 g/mol. The SMILES string of the molecule is CC1CCN(C(C)C(C)CNC(C)C)CC1. The number of hydrogen-bond donors (Lipinski definition) is 1. The minimum Gasteiger partial charge on any atom is -0.314 e. The molecule has 0 amide bonds. The molecule has 1 rings (SSSR count). The molecule has 0 bridgehead atoms. The fourth-order valence-corrected chi connectivity index (χ4v) is 2.39. The van der Waals surface area contributed by atoms with E-state index in [9.17, 15) is 0 Å². The highest BCUT2D eigenvalue weighted by atomic mass is 15.2. The summed E-state index contributed by atoms with van der Waals surface area (Å²) < 4.78 is 0. The molecule has 0 aromatic heterocycles. The Bertz CT molecular complexity index is 183. The molecule has 0 aliphatic carbocycles. The Morgan fingerprint density at radius 2 is 1.69 bits per heavy atom. The number of rotatable bonds is 5. The summed E-state index contributed by atoms with van der Waals surface area (Å²) in [6.45, 7) is 15.3. The van der Waals surface area contributed by atoms with E-state index in [4.69, 9.17) is 0 Å². The average Bonchev–Trinajstić information content (AvgIpc) is 2.26. The van der Waals surface area contributed by atoms with Crippen LogP contribution in [0.1, 0.15) is 47.5 Å². The van der Waals surface area contributed by atoms with E-state index >= 15 is 0 Å². The van der Waals surface area contributed by atoms with Crippen molar-refractivity contribution in [3.8, 4) is 0 Å². The van der Waals surface area contributed by atoms with Gasteiger partial charge in [-0.3, -0.25) is 0 Å². The summed E-state index contributed by atoms with van der Waals surface area (Å²) >= 11 is 0. The van der Waals surface area contributed by atoms with Crippen molar-refractivity contribution in [3.63, 3.8) is 0 Å². The maximum absolute atomic E-state index is 3.55. The number of hydrogen-bond acceptors (Lipinski definition) is 2. The average molecular weight is 226 g/mol. The Morgan fingerprint density at radius 3 is 2.19 bits per heavy atom. The van der Waals surface area contributed by atoms with Crippen LogP contribution < -0.4 is 5.32 Å². The van der Waals surface area contributed by atoms with Gasteiger partial charge in [-0.05, 0) is 51.2 Å². The summed E-state index contributed by atoms with van der Waals surface area (Å²) in [5, 5.41) is 3.55. The molecule has 96 valence electrons. The van der Waals surface area contributed by atoms with Crippen molar-refractivity contribution in [1.82, 2.24) is 10.2 Å². The number of nitrogens with one attached hydrogen (secondary N) is 1. The predicted molar refractivity (Wildman–Crippen MR) is 71.7 cm³/mol. The third kappa shape index (κ3) is 4.42. The first-order valence-electron chi connectivity index (χ1n) is 6.98. The fourth-order valence-electron chi connectivity index (χ4n) is 2.39. The molecule has 2 nitrogen and oxygen atoms in total. The summed E-state index contributed by atoms with van der Waals surface area (Å²) in [6.07, 6.45) is 2.77. The zero-order chi connectivity index (χ0) is 12.1. The van der Waals surface area contributed by atoms with Crippen molar-refractivity contribution in [2.45, 2.75) is 59.5 Å². The molecule has 2 heteroatoms. The fraction of sp³-hybridized carbons (Fsp3) is 1.00. The molecule has 0 aromatic rings. The monoisotopic (exact) mass is 226 g/mol. The quantitative estimate of drug-likeness (QED) is 0.775. The summed E-state index contributed by atoms with van der Waals surface area (Å²) in [5.74, 6) is 1.68. The molecule has 2 atom stereocenters. The lowest BCUT2D eigenvalue weighted by atomic mass is 9.94. The second kappa shape index (κ2) is 6.61. The highest BCUT2D eigenvalue weighted by Crippen LogP contribution is 2.20. The molecule has 1 aliphatic rings. The topological polar surface area (TPSA) is 15.3 Å². The van der Waals surface area contributed by atoms with Crippen molar-refractivity contribution in [1.29, 1.82) is 0 Å². The third-order valence-electron chi connectivity index (χ3n) is 4.07. The van der Waals surface area contributed by atoms with Crippen LogP contribution in [0.4, 0.5) is 0 Å². The van der Waals surface area contributed by atoms with Crippen LogP contribution >= 0.6 is 0 Å². The molecule has 0 radical (unpaired) electrons. The summed E-state index contributed by atoms with van der Waals surface area (Å²) in [4.78, 5) is 2.67. The molecule has 16 heavy (non-hydrogen) atoms. The zero-order valence-corrected chi connectivity index (χ0v) is 11.8. The minimum absolute atomic E-state index is 0.607. The molecule has 1 saturated heterocycles. The van der Waals surface area contributed by atoms with Crippen LogP contribution in [0.15, 0.2) is 0 Å². The van der Waals surface area contributed by atoms with Crippen molar-refractivity contribution >= 4 is 0 Å². The Balaban J connectivity index is 2.29. The molecular formula is C14H30N2. The van der Waals surface area contributed by atoms with Crippen LogP contribution in [-0.4, -0.2) is 36.6 Å². The van der Waals surface area contributed by atoms with Gasteiger partial charge in [0.15, 0.2) is 0 Å². The van der Waals surface area contributed by atoms with Crippen LogP contribution in [0.5, 0.6) is 0 Å². The Labute approximate surface area is 102 Å². The second-order valence-corrected chi connectivity index (χ2v) is 6.00. The van der Waals surface area contributed by atoms with Crippen LogP contribution in [-0.2, 0) is 0 Å². The van der Waals surface area contributed by atoms with Gasteiger partial charge >= 0.3 is 0 Å². The van der Waals surface area contributed by atoms with Gasteiger partial charge in [-0.25, -0.2) is 0 Å². The van der Waals surface area contributed by atoms with Crippen molar-refractivity contribution < 1.29 is 0 Å². The smallest absolute Gasteiger partial charge is 0.0105 e. The second-order valence-electron chi connectivity index (χ2n) is 6.00. The van der Waals surface area contributed by atoms with Crippen LogP contribution in [0.2, 0.25) is 0 Å². The van der Waals surface area contributed by atoms with Gasteiger partial charge in [0.25, 0.3) is 0 Å². The number of likely N-dealkylation sites (tertiary alicyclic amines) is 1. The molecule has 0 saturated carbocycles. The highest BCUT2D eigenvalue weighted by Gasteiger charge is 2.23. The lowest BCUT2D eigenvalue weighted by Gasteiger charge is -2.38. The zero-order valence-electron chi connectivity index (χ0n) is 11.8. The maximum Gasteiger partial charge on any atom is 0.0105 e. The molecule has 1 N–H and O–H groups in total. The van der Waals surface area contributed by atoms with E-state index in [0.717, 1.165) is 24.4 Å². The largest absolute Gasteiger partial charge is 0.314 e. The van der Waals surface area contributed by atoms with Crippen LogP contribution in [0, 0.1) is 11.8 Å². The third-order valence-corrected chi connectivity index (χ3v) is 4.07. The summed E-state index contributed by atoms with van der Waals surface area (Å²) in [7, 11) is 0. The summed E-state index contributed by atoms with van der Waals surface area (Å²) in [5.41, 5.74) is 0. The van der Waals surface area contributed by atoms with Gasteiger partial charge in [0, 0.05) is 12.1 Å². The van der Waals surface area contributed by atoms with E-state index < -0.39 is 0 Å². The van der Waals surface area contributed by atoms with Crippen molar-refractivity contribution in [2.24, 2.45) is 11.8 Å². The normalized spacial score (nSPS) is 23.6. The first-order valence-corrected chi connectivity index (χ1v) is 6.98. The highest BCUT2D eigenvalue weighted by molar-refractivity contribution is 4.79. The standard InChI is InChI=1S/C14H30N2/c1-11(2)15-10-13(4)14(5)16-8-6-12(3)7-9-16/h11-15H,6-10H2,1-5H3. The molecule has 1 heterocycles. The maximum atomic E-state index is 3.55.